The fraction of sp³-hybridized carbons (Fsp3) is 0.529. The maximum absolute atomic E-state index is 12.1. The Hall–Kier alpha value is -1.50. The topological polar surface area (TPSA) is 61.9 Å². The van der Waals surface area contributed by atoms with E-state index < -0.39 is 0 Å². The second-order valence-corrected chi connectivity index (χ2v) is 6.15. The number of nitrogens with zero attached hydrogens (tertiary/aromatic N) is 2. The minimum Gasteiger partial charge on any atom is -0.450 e. The Kier molecular flexibility index (Phi) is 9.03. The molecule has 1 aromatic carbocycles. The third-order valence-corrected chi connectivity index (χ3v) is 4.50. The van der Waals surface area contributed by atoms with E-state index in [4.69, 9.17) is 16.3 Å². The average molecular weight is 390 g/mol. The van der Waals surface area contributed by atoms with Crippen LogP contribution in [-0.4, -0.2) is 61.1 Å². The van der Waals surface area contributed by atoms with Gasteiger partial charge in [0.2, 0.25) is 5.91 Å². The van der Waals surface area contributed by atoms with E-state index in [1.165, 1.54) is 0 Å². The number of rotatable bonds is 5. The van der Waals surface area contributed by atoms with E-state index >= 15 is 0 Å². The molecule has 6 nitrogen and oxygen atoms in total. The summed E-state index contributed by atoms with van der Waals surface area (Å²) in [5, 5.41) is 3.54. The maximum Gasteiger partial charge on any atom is 0.409 e. The zero-order valence-corrected chi connectivity index (χ0v) is 16.2. The molecule has 0 radical (unpaired) electrons. The number of carbonyl (C=O) groups excluding carboxylic acids is 2. The van der Waals surface area contributed by atoms with Crippen LogP contribution in [-0.2, 0) is 9.53 Å². The predicted molar refractivity (Wildman–Crippen MR) is 102 cm³/mol. The lowest BCUT2D eigenvalue weighted by atomic mass is 10.2. The molecule has 0 saturated carbocycles. The van der Waals surface area contributed by atoms with Crippen molar-refractivity contribution in [2.75, 3.05) is 44.6 Å². The van der Waals surface area contributed by atoms with Gasteiger partial charge in [0.1, 0.15) is 0 Å². The number of anilines is 1. The van der Waals surface area contributed by atoms with Gasteiger partial charge in [-0.25, -0.2) is 4.79 Å². The number of nitrogens with one attached hydrogen (secondary N) is 1. The van der Waals surface area contributed by atoms with E-state index in [1.807, 2.05) is 19.1 Å². The summed E-state index contributed by atoms with van der Waals surface area (Å²) in [4.78, 5) is 27.6. The van der Waals surface area contributed by atoms with Crippen LogP contribution in [0.25, 0.3) is 0 Å². The molecule has 0 aromatic heterocycles. The van der Waals surface area contributed by atoms with Crippen LogP contribution in [0.5, 0.6) is 0 Å². The lowest BCUT2D eigenvalue weighted by Gasteiger charge is -2.33. The summed E-state index contributed by atoms with van der Waals surface area (Å²) in [6, 6.07) is 5.46. The van der Waals surface area contributed by atoms with Crippen LogP contribution >= 0.6 is 24.0 Å². The minimum atomic E-state index is -0.258. The van der Waals surface area contributed by atoms with Crippen molar-refractivity contribution in [3.63, 3.8) is 0 Å². The summed E-state index contributed by atoms with van der Waals surface area (Å²) in [5.74, 6) is -0.0341. The molecule has 1 aliphatic heterocycles. The Balaban J connectivity index is 0.00000312. The minimum absolute atomic E-state index is 0. The van der Waals surface area contributed by atoms with Gasteiger partial charge in [-0.2, -0.15) is 0 Å². The fourth-order valence-corrected chi connectivity index (χ4v) is 2.76. The van der Waals surface area contributed by atoms with E-state index in [1.54, 1.807) is 17.9 Å². The second-order valence-electron chi connectivity index (χ2n) is 5.74. The second kappa shape index (κ2) is 10.5. The number of hydrogen-bond donors (Lipinski definition) is 1. The Labute approximate surface area is 159 Å². The normalized spacial score (nSPS) is 14.6. The number of halogens is 2. The summed E-state index contributed by atoms with van der Waals surface area (Å²) in [6.45, 7) is 7.51. The molecule has 0 unspecified atom stereocenters. The summed E-state index contributed by atoms with van der Waals surface area (Å²) in [6.07, 6.45) is 0.150. The number of benzene rings is 1. The summed E-state index contributed by atoms with van der Waals surface area (Å²) in [5.41, 5.74) is 1.62. The number of amides is 2. The number of hydrogen-bond acceptors (Lipinski definition) is 4. The summed E-state index contributed by atoms with van der Waals surface area (Å²) in [7, 11) is 0. The number of piperazine rings is 1. The van der Waals surface area contributed by atoms with Crippen LogP contribution in [0, 0.1) is 6.92 Å². The molecule has 1 heterocycles. The molecule has 1 N–H and O–H groups in total. The first-order valence-electron chi connectivity index (χ1n) is 8.20. The van der Waals surface area contributed by atoms with E-state index in [2.05, 4.69) is 10.2 Å². The van der Waals surface area contributed by atoms with Gasteiger partial charge in [0.25, 0.3) is 0 Å². The monoisotopic (exact) mass is 389 g/mol. The SMILES string of the molecule is CCOC(=O)N1CCN(CCC(=O)Nc2cccc(Cl)c2C)CC1.Cl. The molecular formula is C17H25Cl2N3O3. The molecule has 1 saturated heterocycles. The lowest BCUT2D eigenvalue weighted by Crippen LogP contribution is -2.49. The smallest absolute Gasteiger partial charge is 0.409 e. The zero-order chi connectivity index (χ0) is 17.5. The van der Waals surface area contributed by atoms with Crippen LogP contribution in [0.4, 0.5) is 10.5 Å². The number of carbonyl (C=O) groups is 2. The van der Waals surface area contributed by atoms with Crippen molar-refractivity contribution in [1.82, 2.24) is 9.80 Å². The Bertz CT molecular complexity index is 591. The highest BCUT2D eigenvalue weighted by Crippen LogP contribution is 2.23. The average Bonchev–Trinajstić information content (AvgIpc) is 2.58. The van der Waals surface area contributed by atoms with Crippen molar-refractivity contribution in [3.8, 4) is 0 Å². The third-order valence-electron chi connectivity index (χ3n) is 4.10. The van der Waals surface area contributed by atoms with Gasteiger partial charge in [-0.15, -0.1) is 12.4 Å². The summed E-state index contributed by atoms with van der Waals surface area (Å²) >= 11 is 6.06. The largest absolute Gasteiger partial charge is 0.450 e. The first-order chi connectivity index (χ1) is 11.5. The molecular weight excluding hydrogens is 365 g/mol. The van der Waals surface area contributed by atoms with Crippen molar-refractivity contribution >= 4 is 41.7 Å². The van der Waals surface area contributed by atoms with Crippen molar-refractivity contribution in [3.05, 3.63) is 28.8 Å². The molecule has 140 valence electrons. The van der Waals surface area contributed by atoms with Gasteiger partial charge in [0.15, 0.2) is 0 Å². The molecule has 1 fully saturated rings. The lowest BCUT2D eigenvalue weighted by molar-refractivity contribution is -0.116. The van der Waals surface area contributed by atoms with Crippen LogP contribution in [0.3, 0.4) is 0 Å². The first-order valence-corrected chi connectivity index (χ1v) is 8.58. The zero-order valence-electron chi connectivity index (χ0n) is 14.6. The molecule has 0 spiro atoms. The van der Waals surface area contributed by atoms with E-state index in [-0.39, 0.29) is 24.4 Å². The molecule has 0 atom stereocenters. The molecule has 8 heteroatoms. The molecule has 2 rings (SSSR count). The van der Waals surface area contributed by atoms with Gasteiger partial charge in [0.05, 0.1) is 6.61 Å². The van der Waals surface area contributed by atoms with Gasteiger partial charge in [-0.1, -0.05) is 17.7 Å². The Morgan fingerprint density at radius 1 is 1.24 bits per heavy atom. The molecule has 1 aromatic rings. The van der Waals surface area contributed by atoms with Crippen LogP contribution in [0.15, 0.2) is 18.2 Å². The van der Waals surface area contributed by atoms with Crippen molar-refractivity contribution in [1.29, 1.82) is 0 Å². The molecule has 0 bridgehead atoms. The van der Waals surface area contributed by atoms with Crippen molar-refractivity contribution < 1.29 is 14.3 Å². The van der Waals surface area contributed by atoms with Gasteiger partial charge >= 0.3 is 6.09 Å². The van der Waals surface area contributed by atoms with E-state index in [0.29, 0.717) is 37.7 Å². The highest BCUT2D eigenvalue weighted by atomic mass is 35.5. The van der Waals surface area contributed by atoms with Crippen LogP contribution in [0.1, 0.15) is 18.9 Å². The molecule has 2 amide bonds. The quantitative estimate of drug-likeness (QED) is 0.839. The van der Waals surface area contributed by atoms with Gasteiger partial charge in [-0.3, -0.25) is 9.69 Å². The van der Waals surface area contributed by atoms with Crippen LogP contribution < -0.4 is 5.32 Å². The fourth-order valence-electron chi connectivity index (χ4n) is 2.58. The maximum atomic E-state index is 12.1. The first kappa shape index (κ1) is 21.5. The van der Waals surface area contributed by atoms with Gasteiger partial charge in [0, 0.05) is 49.9 Å². The third kappa shape index (κ3) is 6.38. The predicted octanol–water partition coefficient (Wildman–Crippen LogP) is 3.17. The highest BCUT2D eigenvalue weighted by molar-refractivity contribution is 6.31. The number of ether oxygens (including phenoxy) is 1. The molecule has 0 aliphatic carbocycles. The Morgan fingerprint density at radius 2 is 1.92 bits per heavy atom. The highest BCUT2D eigenvalue weighted by Gasteiger charge is 2.22. The standard InChI is InChI=1S/C17H24ClN3O3.ClH/c1-3-24-17(23)21-11-9-20(10-12-21)8-7-16(22)19-15-6-4-5-14(18)13(15)2;/h4-6H,3,7-12H2,1-2H3,(H,19,22);1H. The van der Waals surface area contributed by atoms with Gasteiger partial charge in [-0.05, 0) is 31.5 Å². The molecule has 25 heavy (non-hydrogen) atoms. The van der Waals surface area contributed by atoms with Crippen molar-refractivity contribution in [2.24, 2.45) is 0 Å². The van der Waals surface area contributed by atoms with Crippen molar-refractivity contribution in [2.45, 2.75) is 20.3 Å². The van der Waals surface area contributed by atoms with Gasteiger partial charge < -0.3 is 15.0 Å². The van der Waals surface area contributed by atoms with E-state index in [0.717, 1.165) is 24.3 Å². The van der Waals surface area contributed by atoms with E-state index in [9.17, 15) is 9.59 Å². The Morgan fingerprint density at radius 3 is 2.56 bits per heavy atom. The van der Waals surface area contributed by atoms with Crippen LogP contribution in [0.2, 0.25) is 5.02 Å². The summed E-state index contributed by atoms with van der Waals surface area (Å²) < 4.78 is 5.00. The molecule has 1 aliphatic rings.